The molecule has 2 aromatic rings. The van der Waals surface area contributed by atoms with Crippen molar-refractivity contribution in [1.82, 2.24) is 3.97 Å². The monoisotopic (exact) mass is 370 g/mol. The molecule has 2 rings (SSSR count). The number of nitrogens with zero attached hydrogens (tertiary/aromatic N) is 1. The van der Waals surface area contributed by atoms with E-state index in [-0.39, 0.29) is 11.4 Å². The predicted octanol–water partition coefficient (Wildman–Crippen LogP) is 2.20. The third-order valence-electron chi connectivity index (χ3n) is 2.85. The summed E-state index contributed by atoms with van der Waals surface area (Å²) in [6.07, 6.45) is 3.17. The molecule has 0 aliphatic heterocycles. The molecule has 122 valence electrons. The highest BCUT2D eigenvalue weighted by molar-refractivity contribution is 8.00. The first-order valence-electron chi connectivity index (χ1n) is 6.44. The second-order valence-electron chi connectivity index (χ2n) is 4.48. The van der Waals surface area contributed by atoms with Gasteiger partial charge >= 0.3 is 0 Å². The highest BCUT2D eigenvalue weighted by Crippen LogP contribution is 2.18. The van der Waals surface area contributed by atoms with Crippen LogP contribution in [0.15, 0.2) is 53.8 Å². The van der Waals surface area contributed by atoms with Crippen molar-refractivity contribution in [1.29, 1.82) is 0 Å². The number of aromatic nitrogens is 1. The van der Waals surface area contributed by atoms with Crippen LogP contribution in [0.3, 0.4) is 0 Å². The summed E-state index contributed by atoms with van der Waals surface area (Å²) in [5.74, 6) is -0.203. The first-order valence-corrected chi connectivity index (χ1v) is 9.03. The number of benzene rings is 1. The first-order chi connectivity index (χ1) is 11.0. The third-order valence-corrected chi connectivity index (χ3v) is 4.87. The zero-order valence-corrected chi connectivity index (χ0v) is 14.3. The number of nitrogens with two attached hydrogens (primary N) is 2. The number of carbonyl (C=O) groups is 1. The van der Waals surface area contributed by atoms with Crippen molar-refractivity contribution < 1.29 is 9.00 Å². The summed E-state index contributed by atoms with van der Waals surface area (Å²) >= 11 is 6.91. The first kappa shape index (κ1) is 17.6. The molecule has 0 fully saturated rings. The van der Waals surface area contributed by atoms with Gasteiger partial charge in [-0.05, 0) is 17.7 Å². The summed E-state index contributed by atoms with van der Waals surface area (Å²) in [4.78, 5) is 11.7. The predicted molar refractivity (Wildman–Crippen MR) is 95.8 cm³/mol. The molecule has 0 aliphatic rings. The van der Waals surface area contributed by atoms with Gasteiger partial charge in [0.2, 0.25) is 0 Å². The van der Waals surface area contributed by atoms with Crippen LogP contribution in [-0.4, -0.2) is 14.1 Å². The lowest BCUT2D eigenvalue weighted by molar-refractivity contribution is -0.112. The van der Waals surface area contributed by atoms with Gasteiger partial charge in [0.05, 0.1) is 11.4 Å². The molecule has 9 heteroatoms. The van der Waals surface area contributed by atoms with E-state index in [9.17, 15) is 9.00 Å². The van der Waals surface area contributed by atoms with Gasteiger partial charge in [-0.2, -0.15) is 0 Å². The number of hydrogen-bond donors (Lipinski definition) is 3. The van der Waals surface area contributed by atoms with Crippen LogP contribution in [0.1, 0.15) is 5.56 Å². The molecule has 0 aliphatic carbocycles. The van der Waals surface area contributed by atoms with E-state index in [0.29, 0.717) is 10.7 Å². The highest BCUT2D eigenvalue weighted by atomic mass is 35.5. The fourth-order valence-electron chi connectivity index (χ4n) is 1.73. The molecule has 0 spiro atoms. The van der Waals surface area contributed by atoms with Crippen LogP contribution >= 0.6 is 23.5 Å². The summed E-state index contributed by atoms with van der Waals surface area (Å²) in [6, 6.07) is 8.85. The maximum Gasteiger partial charge on any atom is 0.272 e. The highest BCUT2D eigenvalue weighted by Gasteiger charge is 2.10. The van der Waals surface area contributed by atoms with Crippen LogP contribution in [0.4, 0.5) is 5.69 Å². The Bertz CT molecular complexity index is 761. The van der Waals surface area contributed by atoms with Crippen LogP contribution in [0.25, 0.3) is 0 Å². The van der Waals surface area contributed by atoms with Gasteiger partial charge in [-0.3, -0.25) is 13.9 Å². The average Bonchev–Trinajstić information content (AvgIpc) is 2.98. The molecule has 5 N–H and O–H groups in total. The standard InChI is InChI=1S/C14H15ClN4O2S2/c15-12-4-2-1-3-10(12)9-23(21)19-6-5-11(7-19)18-14(20)13(16)8-22-17/h1-8H,9,16-17H2,(H,18,20)/b13-8-. The summed E-state index contributed by atoms with van der Waals surface area (Å²) < 4.78 is 13.8. The Morgan fingerprint density at radius 2 is 2.13 bits per heavy atom. The van der Waals surface area contributed by atoms with Gasteiger partial charge in [-0.1, -0.05) is 41.7 Å². The quantitative estimate of drug-likeness (QED) is 0.534. The van der Waals surface area contributed by atoms with Crippen LogP contribution in [0, 0.1) is 0 Å². The van der Waals surface area contributed by atoms with Gasteiger partial charge in [0.25, 0.3) is 5.91 Å². The summed E-state index contributed by atoms with van der Waals surface area (Å²) in [7, 11) is -1.34. The zero-order chi connectivity index (χ0) is 16.8. The lowest BCUT2D eigenvalue weighted by Gasteiger charge is -2.05. The van der Waals surface area contributed by atoms with Crippen LogP contribution < -0.4 is 16.2 Å². The third kappa shape index (κ3) is 4.87. The molecule has 1 heterocycles. The van der Waals surface area contributed by atoms with E-state index in [2.05, 4.69) is 5.32 Å². The molecule has 1 atom stereocenters. The average molecular weight is 371 g/mol. The van der Waals surface area contributed by atoms with Crippen molar-refractivity contribution in [3.8, 4) is 0 Å². The number of nitrogens with one attached hydrogen (secondary N) is 1. The van der Waals surface area contributed by atoms with Crippen molar-refractivity contribution in [3.63, 3.8) is 0 Å². The van der Waals surface area contributed by atoms with E-state index in [1.54, 1.807) is 24.5 Å². The summed E-state index contributed by atoms with van der Waals surface area (Å²) in [5.41, 5.74) is 6.81. The molecule has 0 bridgehead atoms. The number of hydrogen-bond acceptors (Lipinski definition) is 5. The van der Waals surface area contributed by atoms with E-state index in [4.69, 9.17) is 22.5 Å². The molecular weight excluding hydrogens is 356 g/mol. The molecule has 0 saturated heterocycles. The number of carbonyl (C=O) groups excluding carboxylic acids is 1. The van der Waals surface area contributed by atoms with E-state index in [0.717, 1.165) is 17.5 Å². The van der Waals surface area contributed by atoms with Crippen molar-refractivity contribution in [3.05, 3.63) is 64.4 Å². The smallest absolute Gasteiger partial charge is 0.272 e. The number of anilines is 1. The Morgan fingerprint density at radius 3 is 2.83 bits per heavy atom. The summed E-state index contributed by atoms with van der Waals surface area (Å²) in [6.45, 7) is 0. The molecule has 6 nitrogen and oxygen atoms in total. The van der Waals surface area contributed by atoms with Gasteiger partial charge in [0.1, 0.15) is 16.7 Å². The molecule has 0 saturated carbocycles. The fraction of sp³-hybridized carbons (Fsp3) is 0.0714. The Labute approximate surface area is 145 Å². The maximum absolute atomic E-state index is 12.3. The van der Waals surface area contributed by atoms with Gasteiger partial charge in [-0.25, -0.2) is 4.21 Å². The lowest BCUT2D eigenvalue weighted by Crippen LogP contribution is -2.19. The van der Waals surface area contributed by atoms with E-state index in [1.807, 2.05) is 18.2 Å². The van der Waals surface area contributed by atoms with Crippen LogP contribution in [0.2, 0.25) is 5.02 Å². The number of halogens is 1. The Morgan fingerprint density at radius 1 is 1.39 bits per heavy atom. The Hall–Kier alpha value is -1.74. The SMILES string of the molecule is NS/C=C(\N)C(=O)Nc1ccn(S(=O)Cc2ccccc2Cl)c1. The second kappa shape index (κ2) is 8.21. The van der Waals surface area contributed by atoms with E-state index < -0.39 is 16.9 Å². The topological polar surface area (TPSA) is 103 Å². The van der Waals surface area contributed by atoms with Crippen molar-refractivity contribution in [2.75, 3.05) is 5.32 Å². The summed E-state index contributed by atoms with van der Waals surface area (Å²) in [5, 5.41) is 9.71. The molecule has 23 heavy (non-hydrogen) atoms. The number of rotatable bonds is 6. The molecule has 1 aromatic carbocycles. The maximum atomic E-state index is 12.3. The zero-order valence-electron chi connectivity index (χ0n) is 11.9. The minimum absolute atomic E-state index is 0.00226. The lowest BCUT2D eigenvalue weighted by atomic mass is 10.2. The second-order valence-corrected chi connectivity index (χ2v) is 6.75. The van der Waals surface area contributed by atoms with Crippen molar-refractivity contribution in [2.45, 2.75) is 5.75 Å². The largest absolute Gasteiger partial charge is 0.394 e. The van der Waals surface area contributed by atoms with E-state index >= 15 is 0 Å². The van der Waals surface area contributed by atoms with Gasteiger partial charge in [-0.15, -0.1) is 0 Å². The van der Waals surface area contributed by atoms with Gasteiger partial charge in [0, 0.05) is 22.8 Å². The molecule has 1 aromatic heterocycles. The fourth-order valence-corrected chi connectivity index (χ4v) is 3.36. The molecule has 1 unspecified atom stereocenters. The van der Waals surface area contributed by atoms with Crippen LogP contribution in [-0.2, 0) is 21.5 Å². The van der Waals surface area contributed by atoms with Crippen molar-refractivity contribution >= 4 is 46.1 Å². The number of amides is 1. The molecular formula is C14H15ClN4O2S2. The normalized spacial score (nSPS) is 12.9. The van der Waals surface area contributed by atoms with Crippen LogP contribution in [0.5, 0.6) is 0 Å². The minimum atomic E-state index is -1.34. The van der Waals surface area contributed by atoms with Gasteiger partial charge < -0.3 is 11.1 Å². The molecule has 0 radical (unpaired) electrons. The minimum Gasteiger partial charge on any atom is -0.394 e. The Kier molecular flexibility index (Phi) is 6.28. The van der Waals surface area contributed by atoms with Gasteiger partial charge in [0.15, 0.2) is 0 Å². The van der Waals surface area contributed by atoms with Crippen molar-refractivity contribution in [2.24, 2.45) is 10.9 Å². The van der Waals surface area contributed by atoms with E-state index in [1.165, 1.54) is 9.38 Å². The molecule has 1 amide bonds. The Balaban J connectivity index is 2.04.